The van der Waals surface area contributed by atoms with Crippen LogP contribution >= 0.6 is 11.8 Å². The molecule has 1 amide bonds. The minimum Gasteiger partial charge on any atom is -0.480 e. The van der Waals surface area contributed by atoms with Gasteiger partial charge < -0.3 is 10.4 Å². The predicted molar refractivity (Wildman–Crippen MR) is 71.9 cm³/mol. The zero-order chi connectivity index (χ0) is 16.2. The molecule has 0 spiro atoms. The molecule has 0 aromatic heterocycles. The van der Waals surface area contributed by atoms with Gasteiger partial charge in [-0.15, -0.1) is 11.8 Å². The van der Waals surface area contributed by atoms with Crippen molar-refractivity contribution in [2.24, 2.45) is 0 Å². The molecule has 0 heterocycles. The predicted octanol–water partition coefficient (Wildman–Crippen LogP) is 1.98. The average Bonchev–Trinajstić information content (AvgIpc) is 2.36. The summed E-state index contributed by atoms with van der Waals surface area (Å²) in [5, 5.41) is 11.1. The van der Waals surface area contributed by atoms with Gasteiger partial charge in [0.05, 0.1) is 0 Å². The van der Waals surface area contributed by atoms with E-state index >= 15 is 0 Å². The van der Waals surface area contributed by atoms with Crippen molar-refractivity contribution in [1.82, 2.24) is 5.32 Å². The first-order valence-corrected chi connectivity index (χ1v) is 6.33. The monoisotopic (exact) mass is 270 g/mol. The third-order valence-electron chi connectivity index (χ3n) is 2.50. The molecule has 1 atom stereocenters. The molecule has 1 aromatic carbocycles. The molecule has 0 saturated carbocycles. The highest BCUT2D eigenvalue weighted by molar-refractivity contribution is 7.99. The Kier molecular flexibility index (Phi) is 3.74. The summed E-state index contributed by atoms with van der Waals surface area (Å²) in [5.74, 6) is -2.46. The van der Waals surface area contributed by atoms with Crippen LogP contribution in [0, 0.1) is 13.8 Å². The highest BCUT2D eigenvalue weighted by atomic mass is 32.2. The first kappa shape index (κ1) is 10.4. The molecule has 0 radical (unpaired) electrons. The molecule has 0 aliphatic rings. The average molecular weight is 270 g/mol. The molecule has 18 heavy (non-hydrogen) atoms. The summed E-state index contributed by atoms with van der Waals surface area (Å²) in [6.45, 7) is 1.07. The van der Waals surface area contributed by atoms with Gasteiger partial charge in [0.15, 0.2) is 0 Å². The normalized spacial score (nSPS) is 15.1. The number of carbonyl (C=O) groups is 2. The Morgan fingerprint density at radius 2 is 2.17 bits per heavy atom. The highest BCUT2D eigenvalue weighted by Gasteiger charge is 2.18. The third-order valence-corrected chi connectivity index (χ3v) is 3.59. The molecular weight excluding hydrogens is 250 g/mol. The van der Waals surface area contributed by atoms with Gasteiger partial charge in [-0.1, -0.05) is 6.07 Å². The van der Waals surface area contributed by atoms with Gasteiger partial charge in [-0.3, -0.25) is 4.79 Å². The van der Waals surface area contributed by atoms with Crippen LogP contribution in [-0.4, -0.2) is 28.8 Å². The highest BCUT2D eigenvalue weighted by Crippen LogP contribution is 2.21. The van der Waals surface area contributed by atoms with Gasteiger partial charge >= 0.3 is 5.97 Å². The lowest BCUT2D eigenvalue weighted by Gasteiger charge is -2.13. The number of benzene rings is 1. The van der Waals surface area contributed by atoms with Crippen LogP contribution in [0.2, 0.25) is 0 Å². The fourth-order valence-electron chi connectivity index (χ4n) is 1.32. The molecular formula is C13H17NO3S. The Morgan fingerprint density at radius 1 is 1.44 bits per heavy atom. The number of nitrogens with one attached hydrogen (secondary N) is 1. The lowest BCUT2D eigenvalue weighted by atomic mass is 10.1. The summed E-state index contributed by atoms with van der Waals surface area (Å²) in [4.78, 5) is 23.3. The molecule has 98 valence electrons. The van der Waals surface area contributed by atoms with E-state index in [4.69, 9.17) is 9.22 Å². The maximum absolute atomic E-state index is 11.3. The van der Waals surface area contributed by atoms with Crippen LogP contribution in [0.25, 0.3) is 0 Å². The summed E-state index contributed by atoms with van der Waals surface area (Å²) in [5.41, 5.74) is 2.21. The van der Waals surface area contributed by atoms with Gasteiger partial charge in [-0.25, -0.2) is 4.79 Å². The number of thioether (sulfide) groups is 1. The van der Waals surface area contributed by atoms with Gasteiger partial charge in [0, 0.05) is 21.6 Å². The Hall–Kier alpha value is -1.49. The summed E-state index contributed by atoms with van der Waals surface area (Å²) in [7, 11) is 0. The summed E-state index contributed by atoms with van der Waals surface area (Å²) in [6, 6.07) is 4.46. The molecule has 1 rings (SSSR count). The number of carboxylic acid groups (broad SMARTS) is 1. The van der Waals surface area contributed by atoms with Crippen LogP contribution in [0.4, 0.5) is 0 Å². The number of aliphatic carboxylic acids is 1. The van der Waals surface area contributed by atoms with E-state index in [-0.39, 0.29) is 5.75 Å². The maximum atomic E-state index is 11.3. The Labute approximate surface area is 115 Å². The van der Waals surface area contributed by atoms with Crippen molar-refractivity contribution in [3.63, 3.8) is 0 Å². The Balaban J connectivity index is 2.69. The Morgan fingerprint density at radius 3 is 2.72 bits per heavy atom. The zero-order valence-electron chi connectivity index (χ0n) is 13.2. The summed E-state index contributed by atoms with van der Waals surface area (Å²) < 4.78 is 20.8. The fraction of sp³-hybridized carbons (Fsp3) is 0.385. The first-order chi connectivity index (χ1) is 9.61. The molecule has 0 fully saturated rings. The lowest BCUT2D eigenvalue weighted by Crippen LogP contribution is -2.41. The first-order valence-electron chi connectivity index (χ1n) is 6.85. The molecule has 2 N–H and O–H groups in total. The Bertz CT molecular complexity index is 546. The van der Waals surface area contributed by atoms with E-state index in [0.29, 0.717) is 0 Å². The summed E-state index contributed by atoms with van der Waals surface area (Å²) >= 11 is 1.25. The van der Waals surface area contributed by atoms with Crippen molar-refractivity contribution in [3.05, 3.63) is 29.3 Å². The molecule has 0 aliphatic carbocycles. The molecule has 1 aromatic rings. The number of carboxylic acids is 1. The largest absolute Gasteiger partial charge is 0.480 e. The van der Waals surface area contributed by atoms with E-state index in [0.717, 1.165) is 16.0 Å². The third kappa shape index (κ3) is 4.41. The van der Waals surface area contributed by atoms with Crippen LogP contribution in [-0.2, 0) is 9.59 Å². The molecule has 0 bridgehead atoms. The van der Waals surface area contributed by atoms with Gasteiger partial charge in [-0.2, -0.15) is 0 Å². The van der Waals surface area contributed by atoms with Crippen LogP contribution in [0.15, 0.2) is 23.1 Å². The number of aryl methyl sites for hydroxylation is 2. The number of hydrogen-bond donors (Lipinski definition) is 2. The second-order valence-electron chi connectivity index (χ2n) is 3.92. The van der Waals surface area contributed by atoms with Crippen molar-refractivity contribution in [2.45, 2.75) is 31.6 Å². The SMILES string of the molecule is [2H]C([2H])([2H])C(=O)N[C@@H](CSc1ccc(C)c(C)c1)C(=O)O. The van der Waals surface area contributed by atoms with Crippen molar-refractivity contribution in [2.75, 3.05) is 5.75 Å². The minimum absolute atomic E-state index is 0.0552. The standard InChI is InChI=1S/C13H17NO3S/c1-8-4-5-11(6-9(8)2)18-7-12(13(16)17)14-10(3)15/h4-6,12H,7H2,1-3H3,(H,14,15)(H,16,17)/t12-/m0/s1/i3D3. The van der Waals surface area contributed by atoms with Crippen molar-refractivity contribution in [3.8, 4) is 0 Å². The minimum atomic E-state index is -2.85. The topological polar surface area (TPSA) is 66.4 Å². The number of amides is 1. The van der Waals surface area contributed by atoms with E-state index < -0.39 is 24.8 Å². The molecule has 0 aliphatic heterocycles. The van der Waals surface area contributed by atoms with Crippen molar-refractivity contribution in [1.29, 1.82) is 0 Å². The lowest BCUT2D eigenvalue weighted by molar-refractivity contribution is -0.140. The van der Waals surface area contributed by atoms with Gasteiger partial charge in [0.1, 0.15) is 6.04 Å². The zero-order valence-corrected chi connectivity index (χ0v) is 11.0. The van der Waals surface area contributed by atoms with E-state index in [1.54, 1.807) is 0 Å². The van der Waals surface area contributed by atoms with E-state index in [9.17, 15) is 9.59 Å². The van der Waals surface area contributed by atoms with Crippen LogP contribution in [0.1, 0.15) is 22.1 Å². The van der Waals surface area contributed by atoms with Gasteiger partial charge in [-0.05, 0) is 37.1 Å². The molecule has 0 unspecified atom stereocenters. The van der Waals surface area contributed by atoms with Gasteiger partial charge in [0.25, 0.3) is 0 Å². The number of hydrogen-bond acceptors (Lipinski definition) is 3. The van der Waals surface area contributed by atoms with E-state index in [1.165, 1.54) is 11.8 Å². The quantitative estimate of drug-likeness (QED) is 0.803. The number of rotatable bonds is 5. The molecule has 4 nitrogen and oxygen atoms in total. The van der Waals surface area contributed by atoms with Crippen LogP contribution in [0.5, 0.6) is 0 Å². The van der Waals surface area contributed by atoms with Gasteiger partial charge in [0.2, 0.25) is 5.91 Å². The maximum Gasteiger partial charge on any atom is 0.327 e. The van der Waals surface area contributed by atoms with Crippen LogP contribution in [0.3, 0.4) is 0 Å². The molecule has 5 heteroatoms. The van der Waals surface area contributed by atoms with E-state index in [1.807, 2.05) is 37.4 Å². The second kappa shape index (κ2) is 6.44. The van der Waals surface area contributed by atoms with Crippen molar-refractivity contribution < 1.29 is 18.8 Å². The number of carbonyl (C=O) groups excluding carboxylic acids is 1. The van der Waals surface area contributed by atoms with E-state index in [2.05, 4.69) is 0 Å². The second-order valence-corrected chi connectivity index (χ2v) is 5.01. The molecule has 0 saturated heterocycles. The smallest absolute Gasteiger partial charge is 0.327 e. The summed E-state index contributed by atoms with van der Waals surface area (Å²) in [6.07, 6.45) is 0. The van der Waals surface area contributed by atoms with Crippen LogP contribution < -0.4 is 5.32 Å². The fourth-order valence-corrected chi connectivity index (χ4v) is 2.33. The van der Waals surface area contributed by atoms with Crippen molar-refractivity contribution >= 4 is 23.6 Å².